The Kier molecular flexibility index (Phi) is 4.83. The van der Waals surface area contributed by atoms with Crippen LogP contribution in [-0.2, 0) is 0 Å². The first-order valence-corrected chi connectivity index (χ1v) is 7.91. The minimum absolute atomic E-state index is 0.209. The molecule has 8 heteroatoms. The second kappa shape index (κ2) is 7.02. The zero-order valence-corrected chi connectivity index (χ0v) is 13.8. The first-order chi connectivity index (χ1) is 11.1. The molecule has 0 bridgehead atoms. The average Bonchev–Trinajstić information content (AvgIpc) is 2.59. The Hall–Kier alpha value is -2.05. The van der Waals surface area contributed by atoms with E-state index >= 15 is 0 Å². The molecule has 3 rings (SSSR count). The van der Waals surface area contributed by atoms with Crippen LogP contribution in [0.25, 0.3) is 0 Å². The van der Waals surface area contributed by atoms with Crippen LogP contribution in [0.3, 0.4) is 0 Å². The lowest BCUT2D eigenvalue weighted by Gasteiger charge is -2.35. The molecule has 0 saturated carbocycles. The van der Waals surface area contributed by atoms with Crippen LogP contribution in [0.15, 0.2) is 36.8 Å². The molecule has 1 fully saturated rings. The Morgan fingerprint density at radius 2 is 1.78 bits per heavy atom. The summed E-state index contributed by atoms with van der Waals surface area (Å²) in [6.07, 6.45) is 5.02. The summed E-state index contributed by atoms with van der Waals surface area (Å²) in [5, 5.41) is 3.62. The molecule has 1 aromatic heterocycles. The van der Waals surface area contributed by atoms with Crippen LogP contribution < -0.4 is 10.2 Å². The van der Waals surface area contributed by atoms with Crippen molar-refractivity contribution in [3.8, 4) is 0 Å². The van der Waals surface area contributed by atoms with Gasteiger partial charge < -0.3 is 15.1 Å². The van der Waals surface area contributed by atoms with Crippen molar-refractivity contribution in [2.45, 2.75) is 0 Å². The van der Waals surface area contributed by atoms with Gasteiger partial charge in [0.1, 0.15) is 5.82 Å². The maximum absolute atomic E-state index is 12.4. The molecule has 0 radical (unpaired) electrons. The van der Waals surface area contributed by atoms with Gasteiger partial charge in [0, 0.05) is 38.6 Å². The van der Waals surface area contributed by atoms with Crippen LogP contribution in [-0.4, -0.2) is 47.1 Å². The molecule has 23 heavy (non-hydrogen) atoms. The predicted molar refractivity (Wildman–Crippen MR) is 91.3 cm³/mol. The van der Waals surface area contributed by atoms with Crippen molar-refractivity contribution in [1.29, 1.82) is 0 Å². The second-order valence-corrected chi connectivity index (χ2v) is 5.88. The van der Waals surface area contributed by atoms with E-state index in [1.54, 1.807) is 41.7 Å². The number of halogens is 2. The van der Waals surface area contributed by atoms with E-state index in [1.165, 1.54) is 0 Å². The number of amides is 2. The quantitative estimate of drug-likeness (QED) is 0.902. The summed E-state index contributed by atoms with van der Waals surface area (Å²) in [5.74, 6) is 0.821. The maximum Gasteiger partial charge on any atom is 0.322 e. The van der Waals surface area contributed by atoms with Gasteiger partial charge in [-0.3, -0.25) is 4.98 Å². The SMILES string of the molecule is O=C(Nc1c(Cl)cccc1Cl)N1CCN(c2cnccn2)CC1. The highest BCUT2D eigenvalue weighted by atomic mass is 35.5. The number of nitrogens with one attached hydrogen (secondary N) is 1. The zero-order chi connectivity index (χ0) is 16.2. The fraction of sp³-hybridized carbons (Fsp3) is 0.267. The predicted octanol–water partition coefficient (Wildman–Crippen LogP) is 3.14. The van der Waals surface area contributed by atoms with E-state index in [-0.39, 0.29) is 6.03 Å². The standard InChI is InChI=1S/C15H15Cl2N5O/c16-11-2-1-3-12(17)14(11)20-15(23)22-8-6-21(7-9-22)13-10-18-4-5-19-13/h1-5,10H,6-9H2,(H,20,23). The lowest BCUT2D eigenvalue weighted by atomic mass is 10.3. The number of carbonyl (C=O) groups is 1. The van der Waals surface area contributed by atoms with Gasteiger partial charge in [-0.1, -0.05) is 29.3 Å². The van der Waals surface area contributed by atoms with E-state index in [4.69, 9.17) is 23.2 Å². The Morgan fingerprint density at radius 3 is 2.39 bits per heavy atom. The number of benzene rings is 1. The minimum atomic E-state index is -0.209. The molecule has 2 amide bonds. The van der Waals surface area contributed by atoms with Gasteiger partial charge in [0.05, 0.1) is 21.9 Å². The Bertz CT molecular complexity index is 669. The zero-order valence-electron chi connectivity index (χ0n) is 12.2. The molecule has 1 aliphatic heterocycles. The van der Waals surface area contributed by atoms with Gasteiger partial charge in [0.15, 0.2) is 0 Å². The van der Waals surface area contributed by atoms with Crippen molar-refractivity contribution in [2.75, 3.05) is 36.4 Å². The summed E-state index contributed by atoms with van der Waals surface area (Å²) < 4.78 is 0. The van der Waals surface area contributed by atoms with E-state index in [1.807, 2.05) is 0 Å². The number of para-hydroxylation sites is 1. The fourth-order valence-electron chi connectivity index (χ4n) is 2.40. The number of hydrogen-bond donors (Lipinski definition) is 1. The molecule has 1 aliphatic rings. The van der Waals surface area contributed by atoms with E-state index in [2.05, 4.69) is 20.2 Å². The van der Waals surface area contributed by atoms with Crippen molar-refractivity contribution < 1.29 is 4.79 Å². The van der Waals surface area contributed by atoms with Gasteiger partial charge in [0.25, 0.3) is 0 Å². The van der Waals surface area contributed by atoms with Crippen LogP contribution in [0.4, 0.5) is 16.3 Å². The van der Waals surface area contributed by atoms with Crippen molar-refractivity contribution in [3.05, 3.63) is 46.8 Å². The highest BCUT2D eigenvalue weighted by molar-refractivity contribution is 6.39. The van der Waals surface area contributed by atoms with Crippen molar-refractivity contribution >= 4 is 40.7 Å². The van der Waals surface area contributed by atoms with Crippen molar-refractivity contribution in [1.82, 2.24) is 14.9 Å². The summed E-state index contributed by atoms with van der Waals surface area (Å²) >= 11 is 12.1. The molecule has 0 spiro atoms. The number of carbonyl (C=O) groups excluding carboxylic acids is 1. The molecule has 6 nitrogen and oxygen atoms in total. The normalized spacial score (nSPS) is 14.7. The van der Waals surface area contributed by atoms with E-state index in [0.29, 0.717) is 41.9 Å². The highest BCUT2D eigenvalue weighted by Crippen LogP contribution is 2.30. The summed E-state index contributed by atoms with van der Waals surface area (Å²) in [4.78, 5) is 24.5. The van der Waals surface area contributed by atoms with Crippen LogP contribution in [0.1, 0.15) is 0 Å². The number of piperazine rings is 1. The molecule has 2 heterocycles. The molecule has 0 unspecified atom stereocenters. The van der Waals surface area contributed by atoms with Crippen LogP contribution in [0.5, 0.6) is 0 Å². The summed E-state index contributed by atoms with van der Waals surface area (Å²) in [7, 11) is 0. The lowest BCUT2D eigenvalue weighted by molar-refractivity contribution is 0.208. The summed E-state index contributed by atoms with van der Waals surface area (Å²) in [5.41, 5.74) is 0.442. The smallest absolute Gasteiger partial charge is 0.322 e. The summed E-state index contributed by atoms with van der Waals surface area (Å²) in [6.45, 7) is 2.57. The third kappa shape index (κ3) is 3.65. The number of rotatable bonds is 2. The highest BCUT2D eigenvalue weighted by Gasteiger charge is 2.23. The van der Waals surface area contributed by atoms with Crippen molar-refractivity contribution in [2.24, 2.45) is 0 Å². The third-order valence-corrected chi connectivity index (χ3v) is 4.27. The van der Waals surface area contributed by atoms with Crippen LogP contribution >= 0.6 is 23.2 Å². The molecule has 0 aliphatic carbocycles. The number of hydrogen-bond acceptors (Lipinski definition) is 4. The number of aromatic nitrogens is 2. The topological polar surface area (TPSA) is 61.4 Å². The second-order valence-electron chi connectivity index (χ2n) is 5.06. The monoisotopic (exact) mass is 351 g/mol. The first kappa shape index (κ1) is 15.8. The number of anilines is 2. The molecule has 2 aromatic rings. The molecular formula is C15H15Cl2N5O. The molecule has 1 N–H and O–H groups in total. The maximum atomic E-state index is 12.4. The number of urea groups is 1. The Balaban J connectivity index is 1.60. The van der Waals surface area contributed by atoms with Crippen LogP contribution in [0.2, 0.25) is 10.0 Å². The van der Waals surface area contributed by atoms with Gasteiger partial charge >= 0.3 is 6.03 Å². The van der Waals surface area contributed by atoms with Crippen LogP contribution in [0, 0.1) is 0 Å². The van der Waals surface area contributed by atoms with Crippen molar-refractivity contribution in [3.63, 3.8) is 0 Å². The van der Waals surface area contributed by atoms with E-state index < -0.39 is 0 Å². The van der Waals surface area contributed by atoms with Gasteiger partial charge in [-0.05, 0) is 12.1 Å². The number of nitrogens with zero attached hydrogens (tertiary/aromatic N) is 4. The van der Waals surface area contributed by atoms with Gasteiger partial charge in [-0.2, -0.15) is 0 Å². The first-order valence-electron chi connectivity index (χ1n) is 7.16. The van der Waals surface area contributed by atoms with Gasteiger partial charge in [-0.15, -0.1) is 0 Å². The molecule has 0 atom stereocenters. The van der Waals surface area contributed by atoms with Gasteiger partial charge in [0.2, 0.25) is 0 Å². The Labute approximate surface area is 144 Å². The average molecular weight is 352 g/mol. The molecule has 120 valence electrons. The molecule has 1 saturated heterocycles. The van der Waals surface area contributed by atoms with E-state index in [9.17, 15) is 4.79 Å². The minimum Gasteiger partial charge on any atom is -0.352 e. The Morgan fingerprint density at radius 1 is 1.09 bits per heavy atom. The third-order valence-electron chi connectivity index (χ3n) is 3.64. The van der Waals surface area contributed by atoms with E-state index in [0.717, 1.165) is 5.82 Å². The molecule has 1 aromatic carbocycles. The summed E-state index contributed by atoms with van der Waals surface area (Å²) in [6, 6.07) is 4.91. The lowest BCUT2D eigenvalue weighted by Crippen LogP contribution is -2.50. The largest absolute Gasteiger partial charge is 0.352 e. The molecular weight excluding hydrogens is 337 g/mol. The van der Waals surface area contributed by atoms with Gasteiger partial charge in [-0.25, -0.2) is 9.78 Å². The fourth-order valence-corrected chi connectivity index (χ4v) is 2.89.